The number of alkyl halides is 3. The molecule has 18 heavy (non-hydrogen) atoms. The smallest absolute Gasteiger partial charge is 0.382 e. The Morgan fingerprint density at radius 1 is 1.44 bits per heavy atom. The third-order valence-electron chi connectivity index (χ3n) is 2.15. The highest BCUT2D eigenvalue weighted by atomic mass is 19.4. The van der Waals surface area contributed by atoms with Crippen LogP contribution in [0.1, 0.15) is 17.4 Å². The van der Waals surface area contributed by atoms with E-state index < -0.39 is 24.2 Å². The molecule has 0 fully saturated rings. The van der Waals surface area contributed by atoms with Crippen molar-refractivity contribution >= 4 is 11.7 Å². The van der Waals surface area contributed by atoms with Crippen molar-refractivity contribution in [1.29, 1.82) is 0 Å². The van der Waals surface area contributed by atoms with Gasteiger partial charge in [-0.3, -0.25) is 4.79 Å². The van der Waals surface area contributed by atoms with Gasteiger partial charge in [0.2, 0.25) is 0 Å². The molecule has 0 saturated carbocycles. The Hall–Kier alpha value is -1.90. The highest BCUT2D eigenvalue weighted by Gasteiger charge is 2.49. The van der Waals surface area contributed by atoms with E-state index in [9.17, 15) is 18.0 Å². The second-order valence-corrected chi connectivity index (χ2v) is 3.74. The van der Waals surface area contributed by atoms with Crippen molar-refractivity contribution in [2.75, 3.05) is 12.3 Å². The Kier molecular flexibility index (Phi) is 3.75. The van der Waals surface area contributed by atoms with Gasteiger partial charge in [0, 0.05) is 12.4 Å². The van der Waals surface area contributed by atoms with Crippen molar-refractivity contribution in [3.05, 3.63) is 18.1 Å². The van der Waals surface area contributed by atoms with Crippen LogP contribution in [-0.4, -0.2) is 39.3 Å². The molecule has 0 aliphatic rings. The van der Waals surface area contributed by atoms with Crippen molar-refractivity contribution in [3.8, 4) is 0 Å². The average molecular weight is 264 g/mol. The van der Waals surface area contributed by atoms with E-state index in [4.69, 9.17) is 10.8 Å². The molecule has 0 spiro atoms. The maximum atomic E-state index is 12.3. The predicted octanol–water partition coefficient (Wildman–Crippen LogP) is 0.102. The van der Waals surface area contributed by atoms with Crippen LogP contribution in [-0.2, 0) is 0 Å². The first-order chi connectivity index (χ1) is 8.15. The second kappa shape index (κ2) is 4.77. The van der Waals surface area contributed by atoms with Crippen LogP contribution < -0.4 is 11.1 Å². The summed E-state index contributed by atoms with van der Waals surface area (Å²) >= 11 is 0. The maximum absolute atomic E-state index is 12.3. The summed E-state index contributed by atoms with van der Waals surface area (Å²) in [7, 11) is 0. The van der Waals surface area contributed by atoms with Crippen LogP contribution in [0, 0.1) is 0 Å². The number of halogens is 3. The van der Waals surface area contributed by atoms with E-state index in [-0.39, 0.29) is 11.5 Å². The number of nitrogens with two attached hydrogens (primary N) is 1. The Morgan fingerprint density at radius 3 is 2.50 bits per heavy atom. The van der Waals surface area contributed by atoms with E-state index in [1.165, 1.54) is 12.4 Å². The van der Waals surface area contributed by atoms with Crippen molar-refractivity contribution in [2.45, 2.75) is 18.7 Å². The molecule has 0 saturated heterocycles. The van der Waals surface area contributed by atoms with E-state index in [0.29, 0.717) is 6.92 Å². The molecule has 0 aromatic carbocycles. The number of carbonyl (C=O) groups is 1. The molecule has 6 nitrogen and oxygen atoms in total. The molecule has 1 amide bonds. The highest BCUT2D eigenvalue weighted by molar-refractivity contribution is 5.96. The number of nitrogens with zero attached hydrogens (tertiary/aromatic N) is 2. The van der Waals surface area contributed by atoms with Gasteiger partial charge in [0.25, 0.3) is 5.91 Å². The fourth-order valence-corrected chi connectivity index (χ4v) is 0.960. The maximum Gasteiger partial charge on any atom is 0.418 e. The van der Waals surface area contributed by atoms with Gasteiger partial charge in [0.15, 0.2) is 17.1 Å². The van der Waals surface area contributed by atoms with Crippen LogP contribution in [0.5, 0.6) is 0 Å². The number of carbonyl (C=O) groups excluding carboxylic acids is 1. The number of nitrogen functional groups attached to an aromatic ring is 1. The summed E-state index contributed by atoms with van der Waals surface area (Å²) in [6, 6.07) is 0. The molecule has 1 aromatic heterocycles. The van der Waals surface area contributed by atoms with E-state index in [0.717, 1.165) is 0 Å². The molecule has 1 unspecified atom stereocenters. The largest absolute Gasteiger partial charge is 0.418 e. The molecule has 1 aromatic rings. The van der Waals surface area contributed by atoms with E-state index in [1.807, 2.05) is 5.32 Å². The summed E-state index contributed by atoms with van der Waals surface area (Å²) in [5.74, 6) is -1.15. The quantitative estimate of drug-likeness (QED) is 0.718. The molecule has 1 rings (SSSR count). The van der Waals surface area contributed by atoms with Crippen LogP contribution in [0.2, 0.25) is 0 Å². The van der Waals surface area contributed by atoms with Crippen molar-refractivity contribution in [3.63, 3.8) is 0 Å². The van der Waals surface area contributed by atoms with Crippen LogP contribution in [0.3, 0.4) is 0 Å². The number of amides is 1. The molecule has 0 aliphatic heterocycles. The monoisotopic (exact) mass is 264 g/mol. The minimum atomic E-state index is -4.85. The third kappa shape index (κ3) is 3.06. The summed E-state index contributed by atoms with van der Waals surface area (Å²) in [5.41, 5.74) is 2.00. The second-order valence-electron chi connectivity index (χ2n) is 3.74. The first kappa shape index (κ1) is 14.2. The first-order valence-corrected chi connectivity index (χ1v) is 4.79. The topological polar surface area (TPSA) is 101 Å². The number of hydrogen-bond acceptors (Lipinski definition) is 5. The summed E-state index contributed by atoms with van der Waals surface area (Å²) in [5, 5.41) is 11.0. The lowest BCUT2D eigenvalue weighted by Crippen LogP contribution is -2.51. The van der Waals surface area contributed by atoms with Gasteiger partial charge in [0.1, 0.15) is 0 Å². The van der Waals surface area contributed by atoms with Crippen LogP contribution in [0.25, 0.3) is 0 Å². The number of nitrogens with one attached hydrogen (secondary N) is 1. The number of anilines is 1. The lowest BCUT2D eigenvalue weighted by Gasteiger charge is -2.26. The first-order valence-electron chi connectivity index (χ1n) is 4.79. The van der Waals surface area contributed by atoms with Crippen LogP contribution >= 0.6 is 0 Å². The minimum Gasteiger partial charge on any atom is -0.382 e. The SMILES string of the molecule is CC(O)(CNC(=O)c1nccnc1N)C(F)(F)F. The van der Waals surface area contributed by atoms with Gasteiger partial charge >= 0.3 is 6.18 Å². The van der Waals surface area contributed by atoms with Crippen LogP contribution in [0.4, 0.5) is 19.0 Å². The Bertz CT molecular complexity index is 448. The molecule has 1 heterocycles. The van der Waals surface area contributed by atoms with Crippen molar-refractivity contribution in [2.24, 2.45) is 0 Å². The summed E-state index contributed by atoms with van der Waals surface area (Å²) in [4.78, 5) is 18.6. The molecule has 0 aliphatic carbocycles. The lowest BCUT2D eigenvalue weighted by molar-refractivity contribution is -0.249. The zero-order valence-electron chi connectivity index (χ0n) is 9.32. The third-order valence-corrected chi connectivity index (χ3v) is 2.15. The number of aromatic nitrogens is 2. The van der Waals surface area contributed by atoms with E-state index >= 15 is 0 Å². The fraction of sp³-hybridized carbons (Fsp3) is 0.444. The molecular formula is C9H11F3N4O2. The molecule has 0 radical (unpaired) electrons. The van der Waals surface area contributed by atoms with E-state index in [1.54, 1.807) is 0 Å². The molecule has 1 atom stereocenters. The summed E-state index contributed by atoms with van der Waals surface area (Å²) < 4.78 is 36.9. The molecule has 9 heteroatoms. The van der Waals surface area contributed by atoms with Gasteiger partial charge in [-0.15, -0.1) is 0 Å². The Labute approximate surface area is 100 Å². The molecule has 100 valence electrons. The Morgan fingerprint density at radius 2 is 2.00 bits per heavy atom. The van der Waals surface area contributed by atoms with Crippen molar-refractivity contribution < 1.29 is 23.1 Å². The molecule has 4 N–H and O–H groups in total. The predicted molar refractivity (Wildman–Crippen MR) is 55.5 cm³/mol. The number of rotatable bonds is 3. The standard InChI is InChI=1S/C9H11F3N4O2/c1-8(18,9(10,11)12)4-16-7(17)5-6(13)15-3-2-14-5/h2-3,18H,4H2,1H3,(H2,13,15)(H,16,17). The summed E-state index contributed by atoms with van der Waals surface area (Å²) in [6.07, 6.45) is -2.45. The zero-order chi connectivity index (χ0) is 14.0. The number of hydrogen-bond donors (Lipinski definition) is 3. The zero-order valence-corrected chi connectivity index (χ0v) is 9.32. The summed E-state index contributed by atoms with van der Waals surface area (Å²) in [6.45, 7) is -0.460. The van der Waals surface area contributed by atoms with Crippen LogP contribution in [0.15, 0.2) is 12.4 Å². The molecular weight excluding hydrogens is 253 g/mol. The average Bonchev–Trinajstić information content (AvgIpc) is 2.25. The minimum absolute atomic E-state index is 0.207. The van der Waals surface area contributed by atoms with Gasteiger partial charge in [-0.25, -0.2) is 9.97 Å². The number of aliphatic hydroxyl groups is 1. The fourth-order valence-electron chi connectivity index (χ4n) is 0.960. The molecule has 0 bridgehead atoms. The Balaban J connectivity index is 2.71. The van der Waals surface area contributed by atoms with Gasteiger partial charge in [0.05, 0.1) is 6.54 Å². The normalized spacial score (nSPS) is 14.9. The van der Waals surface area contributed by atoms with Gasteiger partial charge in [-0.2, -0.15) is 13.2 Å². The van der Waals surface area contributed by atoms with Gasteiger partial charge in [-0.05, 0) is 6.92 Å². The lowest BCUT2D eigenvalue weighted by atomic mass is 10.1. The highest BCUT2D eigenvalue weighted by Crippen LogP contribution is 2.29. The van der Waals surface area contributed by atoms with Crippen molar-refractivity contribution in [1.82, 2.24) is 15.3 Å². The van der Waals surface area contributed by atoms with Gasteiger partial charge in [-0.1, -0.05) is 0 Å². The van der Waals surface area contributed by atoms with Gasteiger partial charge < -0.3 is 16.2 Å². The van der Waals surface area contributed by atoms with E-state index in [2.05, 4.69) is 9.97 Å².